The second-order valence-corrected chi connectivity index (χ2v) is 5.05. The van der Waals surface area contributed by atoms with Gasteiger partial charge in [-0.15, -0.1) is 0 Å². The molecular weight excluding hydrogens is 212 g/mol. The highest BCUT2D eigenvalue weighted by Crippen LogP contribution is 2.15. The van der Waals surface area contributed by atoms with E-state index in [9.17, 15) is 0 Å². The summed E-state index contributed by atoms with van der Waals surface area (Å²) in [5.41, 5.74) is 1.31. The topological polar surface area (TPSA) is 30.3 Å². The highest BCUT2D eigenvalue weighted by atomic mass is 16.5. The number of benzene rings is 1. The molecule has 0 atom stereocenters. The normalized spacial score (nSPS) is 24.6. The first kappa shape index (κ1) is 12.4. The van der Waals surface area contributed by atoms with E-state index in [0.29, 0.717) is 0 Å². The molecule has 1 fully saturated rings. The number of likely N-dealkylation sites (tertiary alicyclic amines) is 1. The van der Waals surface area contributed by atoms with Gasteiger partial charge in [0, 0.05) is 18.4 Å². The molecule has 94 valence electrons. The molecule has 2 rings (SSSR count). The molecule has 3 heteroatoms. The lowest BCUT2D eigenvalue weighted by Gasteiger charge is -2.25. The van der Waals surface area contributed by atoms with Gasteiger partial charge in [-0.3, -0.25) is 0 Å². The maximum atomic E-state index is 5.38. The summed E-state index contributed by atoms with van der Waals surface area (Å²) in [5.74, 6) is 1.02. The van der Waals surface area contributed by atoms with Crippen molar-refractivity contribution >= 4 is 0 Å². The lowest BCUT2D eigenvalue weighted by molar-refractivity contribution is -0.894. The summed E-state index contributed by atoms with van der Waals surface area (Å²) < 4.78 is 5.38. The molecule has 0 unspecified atom stereocenters. The minimum Gasteiger partial charge on any atom is -0.496 e. The van der Waals surface area contributed by atoms with Crippen LogP contribution in [0.15, 0.2) is 24.3 Å². The zero-order valence-electron chi connectivity index (χ0n) is 10.9. The van der Waals surface area contributed by atoms with Crippen LogP contribution in [0.4, 0.5) is 0 Å². The van der Waals surface area contributed by atoms with Crippen molar-refractivity contribution in [1.29, 1.82) is 0 Å². The van der Waals surface area contributed by atoms with Crippen molar-refractivity contribution in [3.63, 3.8) is 0 Å². The highest BCUT2D eigenvalue weighted by Gasteiger charge is 2.21. The Morgan fingerprint density at radius 1 is 1.29 bits per heavy atom. The monoisotopic (exact) mass is 236 g/mol. The number of hydrogen-bond acceptors (Lipinski definition) is 1. The number of piperidine rings is 1. The lowest BCUT2D eigenvalue weighted by atomic mass is 10.1. The molecule has 1 saturated heterocycles. The van der Waals surface area contributed by atoms with Crippen LogP contribution in [0.1, 0.15) is 18.4 Å². The summed E-state index contributed by atoms with van der Waals surface area (Å²) >= 11 is 0. The van der Waals surface area contributed by atoms with Crippen LogP contribution in [-0.2, 0) is 6.54 Å². The number of quaternary nitrogens is 2. The SMILES string of the molecule is COc1ccccc1C[NH2+]C1CC[NH+](C)CC1. The van der Waals surface area contributed by atoms with Gasteiger partial charge in [0.05, 0.1) is 33.3 Å². The quantitative estimate of drug-likeness (QED) is 0.721. The number of rotatable bonds is 4. The van der Waals surface area contributed by atoms with Gasteiger partial charge in [0.25, 0.3) is 0 Å². The van der Waals surface area contributed by atoms with E-state index in [-0.39, 0.29) is 0 Å². The van der Waals surface area contributed by atoms with E-state index in [4.69, 9.17) is 4.74 Å². The molecule has 17 heavy (non-hydrogen) atoms. The number of ether oxygens (including phenoxy) is 1. The molecule has 1 aromatic carbocycles. The molecule has 0 bridgehead atoms. The first-order chi connectivity index (χ1) is 8.29. The zero-order chi connectivity index (χ0) is 12.1. The smallest absolute Gasteiger partial charge is 0.127 e. The molecule has 0 amide bonds. The molecule has 3 N–H and O–H groups in total. The average Bonchev–Trinajstić information content (AvgIpc) is 2.38. The summed E-state index contributed by atoms with van der Waals surface area (Å²) in [7, 11) is 4.04. The van der Waals surface area contributed by atoms with Gasteiger partial charge in [-0.2, -0.15) is 0 Å². The summed E-state index contributed by atoms with van der Waals surface area (Å²) in [4.78, 5) is 1.67. The fraction of sp³-hybridized carbons (Fsp3) is 0.571. The Bertz CT molecular complexity index is 346. The van der Waals surface area contributed by atoms with Crippen molar-refractivity contribution in [1.82, 2.24) is 0 Å². The van der Waals surface area contributed by atoms with Gasteiger partial charge in [-0.05, 0) is 12.1 Å². The van der Waals surface area contributed by atoms with Gasteiger partial charge < -0.3 is 15.0 Å². The minimum atomic E-state index is 0.795. The van der Waals surface area contributed by atoms with Crippen LogP contribution in [0.3, 0.4) is 0 Å². The van der Waals surface area contributed by atoms with Crippen LogP contribution in [0, 0.1) is 0 Å². The van der Waals surface area contributed by atoms with Crippen molar-refractivity contribution in [2.45, 2.75) is 25.4 Å². The Morgan fingerprint density at radius 3 is 2.71 bits per heavy atom. The minimum absolute atomic E-state index is 0.795. The summed E-state index contributed by atoms with van der Waals surface area (Å²) in [6, 6.07) is 9.12. The molecule has 1 aromatic rings. The molecular formula is C14H24N2O+2. The van der Waals surface area contributed by atoms with Crippen molar-refractivity contribution < 1.29 is 15.0 Å². The molecule has 0 spiro atoms. The third-order valence-electron chi connectivity index (χ3n) is 3.75. The van der Waals surface area contributed by atoms with E-state index in [0.717, 1.165) is 18.3 Å². The van der Waals surface area contributed by atoms with Crippen molar-refractivity contribution in [2.75, 3.05) is 27.2 Å². The summed E-state index contributed by atoms with van der Waals surface area (Å²) in [6.45, 7) is 3.66. The number of nitrogens with one attached hydrogen (secondary N) is 1. The Balaban J connectivity index is 1.85. The van der Waals surface area contributed by atoms with E-state index in [1.165, 1.54) is 31.5 Å². The van der Waals surface area contributed by atoms with E-state index in [2.05, 4.69) is 24.5 Å². The van der Waals surface area contributed by atoms with Gasteiger partial charge >= 0.3 is 0 Å². The van der Waals surface area contributed by atoms with Crippen LogP contribution < -0.4 is 15.0 Å². The van der Waals surface area contributed by atoms with Gasteiger partial charge in [0.1, 0.15) is 12.3 Å². The van der Waals surface area contributed by atoms with E-state index >= 15 is 0 Å². The van der Waals surface area contributed by atoms with Gasteiger partial charge in [0.15, 0.2) is 0 Å². The predicted molar refractivity (Wildman–Crippen MR) is 68.3 cm³/mol. The molecule has 1 aliphatic heterocycles. The first-order valence-electron chi connectivity index (χ1n) is 6.56. The van der Waals surface area contributed by atoms with Crippen LogP contribution >= 0.6 is 0 Å². The number of methoxy groups -OCH3 is 1. The van der Waals surface area contributed by atoms with Crippen molar-refractivity contribution in [2.24, 2.45) is 0 Å². The summed E-state index contributed by atoms with van der Waals surface area (Å²) in [6.07, 6.45) is 2.67. The number of hydrogen-bond donors (Lipinski definition) is 2. The Hall–Kier alpha value is -1.06. The third kappa shape index (κ3) is 3.45. The molecule has 0 saturated carbocycles. The molecule has 1 heterocycles. The zero-order valence-corrected chi connectivity index (χ0v) is 10.9. The third-order valence-corrected chi connectivity index (χ3v) is 3.75. The van der Waals surface area contributed by atoms with E-state index in [1.54, 1.807) is 12.0 Å². The molecule has 0 radical (unpaired) electrons. The fourth-order valence-electron chi connectivity index (χ4n) is 2.53. The molecule has 0 aromatic heterocycles. The lowest BCUT2D eigenvalue weighted by Crippen LogP contribution is -3.12. The average molecular weight is 236 g/mol. The maximum Gasteiger partial charge on any atom is 0.127 e. The maximum absolute atomic E-state index is 5.38. The Kier molecular flexibility index (Phi) is 4.40. The van der Waals surface area contributed by atoms with Crippen molar-refractivity contribution in [3.8, 4) is 5.75 Å². The highest BCUT2D eigenvalue weighted by molar-refractivity contribution is 5.32. The van der Waals surface area contributed by atoms with Crippen LogP contribution in [0.25, 0.3) is 0 Å². The Labute approximate surface area is 104 Å². The van der Waals surface area contributed by atoms with Gasteiger partial charge in [0.2, 0.25) is 0 Å². The second-order valence-electron chi connectivity index (χ2n) is 5.05. The van der Waals surface area contributed by atoms with E-state index < -0.39 is 0 Å². The van der Waals surface area contributed by atoms with E-state index in [1.807, 2.05) is 12.1 Å². The predicted octanol–water partition coefficient (Wildman–Crippen LogP) is -0.564. The molecule has 1 aliphatic rings. The standard InChI is InChI=1S/C14H22N2O/c1-16-9-7-13(8-10-16)15-11-12-5-3-4-6-14(12)17-2/h3-6,13,15H,7-11H2,1-2H3/p+2. The van der Waals surface area contributed by atoms with Gasteiger partial charge in [-0.25, -0.2) is 0 Å². The Morgan fingerprint density at radius 2 is 2.00 bits per heavy atom. The number of nitrogens with two attached hydrogens (primary N) is 1. The van der Waals surface area contributed by atoms with Crippen molar-refractivity contribution in [3.05, 3.63) is 29.8 Å². The molecule has 0 aliphatic carbocycles. The number of para-hydroxylation sites is 1. The largest absolute Gasteiger partial charge is 0.496 e. The molecule has 3 nitrogen and oxygen atoms in total. The fourth-order valence-corrected chi connectivity index (χ4v) is 2.53. The second kappa shape index (κ2) is 6.03. The van der Waals surface area contributed by atoms with Crippen LogP contribution in [-0.4, -0.2) is 33.3 Å². The van der Waals surface area contributed by atoms with Gasteiger partial charge in [-0.1, -0.05) is 12.1 Å². The van der Waals surface area contributed by atoms with Crippen LogP contribution in [0.2, 0.25) is 0 Å². The van der Waals surface area contributed by atoms with Crippen LogP contribution in [0.5, 0.6) is 5.75 Å². The first-order valence-corrected chi connectivity index (χ1v) is 6.56. The summed E-state index contributed by atoms with van der Waals surface area (Å²) in [5, 5.41) is 2.48.